The van der Waals surface area contributed by atoms with Gasteiger partial charge in [0.1, 0.15) is 17.3 Å². The van der Waals surface area contributed by atoms with E-state index in [0.717, 1.165) is 12.1 Å². The van der Waals surface area contributed by atoms with E-state index in [9.17, 15) is 27.6 Å². The van der Waals surface area contributed by atoms with Crippen LogP contribution in [0.4, 0.5) is 24.5 Å². The first-order valence-electron chi connectivity index (χ1n) is 10.9. The lowest BCUT2D eigenvalue weighted by Crippen LogP contribution is -2.23. The quantitative estimate of drug-likeness (QED) is 0.400. The lowest BCUT2D eigenvalue weighted by Gasteiger charge is -2.16. The number of hydrogen-bond acceptors (Lipinski definition) is 5. The number of benzene rings is 2. The van der Waals surface area contributed by atoms with Crippen molar-refractivity contribution in [3.63, 3.8) is 0 Å². The fourth-order valence-corrected chi connectivity index (χ4v) is 3.65. The summed E-state index contributed by atoms with van der Waals surface area (Å²) in [7, 11) is 0. The predicted molar refractivity (Wildman–Crippen MR) is 124 cm³/mol. The molecule has 4 N–H and O–H groups in total. The minimum Gasteiger partial charge on any atom is -0.454 e. The summed E-state index contributed by atoms with van der Waals surface area (Å²) >= 11 is 0. The highest BCUT2D eigenvalue weighted by molar-refractivity contribution is 5.94. The first-order valence-corrected chi connectivity index (χ1v) is 10.9. The van der Waals surface area contributed by atoms with Crippen molar-refractivity contribution in [2.24, 2.45) is 11.1 Å². The molecule has 0 bridgehead atoms. The average Bonchev–Trinajstić information content (AvgIpc) is 3.57. The number of pyridine rings is 1. The third-order valence-electron chi connectivity index (χ3n) is 5.66. The third-order valence-corrected chi connectivity index (χ3v) is 5.66. The van der Waals surface area contributed by atoms with Crippen molar-refractivity contribution in [2.75, 3.05) is 10.6 Å². The van der Waals surface area contributed by atoms with Gasteiger partial charge in [0.25, 0.3) is 5.91 Å². The van der Waals surface area contributed by atoms with E-state index in [0.29, 0.717) is 18.5 Å². The summed E-state index contributed by atoms with van der Waals surface area (Å²) in [5, 5.41) is 4.99. The Morgan fingerprint density at radius 2 is 1.58 bits per heavy atom. The van der Waals surface area contributed by atoms with Gasteiger partial charge in [-0.15, -0.1) is 0 Å². The smallest absolute Gasteiger partial charge is 0.267 e. The number of amides is 3. The summed E-state index contributed by atoms with van der Waals surface area (Å²) in [6, 6.07) is 9.34. The van der Waals surface area contributed by atoms with Gasteiger partial charge in [-0.1, -0.05) is 0 Å². The largest absolute Gasteiger partial charge is 0.454 e. The summed E-state index contributed by atoms with van der Waals surface area (Å²) in [6.45, 7) is 0. The molecule has 0 atom stereocenters. The Morgan fingerprint density at radius 3 is 2.22 bits per heavy atom. The van der Waals surface area contributed by atoms with Crippen molar-refractivity contribution in [1.29, 1.82) is 0 Å². The molecule has 3 aromatic rings. The lowest BCUT2D eigenvalue weighted by molar-refractivity contribution is -0.119. The molecule has 3 amide bonds. The number of aromatic nitrogens is 1. The van der Waals surface area contributed by atoms with Crippen LogP contribution >= 0.6 is 0 Å². The molecular formula is C25H21F3N4O4. The van der Waals surface area contributed by atoms with Crippen LogP contribution in [-0.2, 0) is 9.59 Å². The second kappa shape index (κ2) is 10.1. The Kier molecular flexibility index (Phi) is 6.91. The second-order valence-electron chi connectivity index (χ2n) is 8.56. The number of primary amides is 1. The molecule has 1 aliphatic rings. The maximum absolute atomic E-state index is 14.6. The number of anilines is 2. The summed E-state index contributed by atoms with van der Waals surface area (Å²) in [6.07, 6.45) is 2.48. The lowest BCUT2D eigenvalue weighted by atomic mass is 9.97. The zero-order valence-electron chi connectivity index (χ0n) is 18.8. The number of carbonyl (C=O) groups is 3. The predicted octanol–water partition coefficient (Wildman–Crippen LogP) is 4.53. The van der Waals surface area contributed by atoms with E-state index >= 15 is 0 Å². The molecule has 186 valence electrons. The SMILES string of the molecule is NC(=O)c1cc(Oc2cc(F)c(NC(=O)CC3(CC(=O)Nc4ccc(F)cc4)CC3)cc2F)ccn1. The van der Waals surface area contributed by atoms with E-state index in [2.05, 4.69) is 15.6 Å². The minimum absolute atomic E-state index is 0.0171. The van der Waals surface area contributed by atoms with Gasteiger partial charge >= 0.3 is 0 Å². The van der Waals surface area contributed by atoms with Crippen LogP contribution in [0.1, 0.15) is 36.2 Å². The summed E-state index contributed by atoms with van der Waals surface area (Å²) < 4.78 is 47.4. The molecule has 0 unspecified atom stereocenters. The number of nitrogens with one attached hydrogen (secondary N) is 2. The van der Waals surface area contributed by atoms with Crippen molar-refractivity contribution >= 4 is 29.1 Å². The second-order valence-corrected chi connectivity index (χ2v) is 8.56. The van der Waals surface area contributed by atoms with Gasteiger partial charge in [0.2, 0.25) is 11.8 Å². The first kappa shape index (κ1) is 24.7. The highest BCUT2D eigenvalue weighted by Crippen LogP contribution is 2.52. The molecule has 36 heavy (non-hydrogen) atoms. The molecule has 2 aromatic carbocycles. The fraction of sp³-hybridized carbons (Fsp3) is 0.200. The average molecular weight is 498 g/mol. The van der Waals surface area contributed by atoms with Gasteiger partial charge in [0, 0.05) is 42.9 Å². The van der Waals surface area contributed by atoms with Crippen molar-refractivity contribution in [3.8, 4) is 11.5 Å². The van der Waals surface area contributed by atoms with Gasteiger partial charge in [-0.3, -0.25) is 19.4 Å². The van der Waals surface area contributed by atoms with Crippen molar-refractivity contribution in [2.45, 2.75) is 25.7 Å². The first-order chi connectivity index (χ1) is 17.1. The topological polar surface area (TPSA) is 123 Å². The normalized spacial score (nSPS) is 13.5. The number of carbonyl (C=O) groups excluding carboxylic acids is 3. The molecule has 1 heterocycles. The van der Waals surface area contributed by atoms with E-state index in [1.807, 2.05) is 0 Å². The van der Waals surface area contributed by atoms with Crippen LogP contribution in [0.5, 0.6) is 11.5 Å². The van der Waals surface area contributed by atoms with E-state index in [1.54, 1.807) is 0 Å². The summed E-state index contributed by atoms with van der Waals surface area (Å²) in [4.78, 5) is 39.8. The van der Waals surface area contributed by atoms with Gasteiger partial charge in [-0.25, -0.2) is 13.2 Å². The fourth-order valence-electron chi connectivity index (χ4n) is 3.65. The Hall–Kier alpha value is -4.41. The minimum atomic E-state index is -0.955. The third kappa shape index (κ3) is 6.17. The molecule has 1 aliphatic carbocycles. The van der Waals surface area contributed by atoms with Crippen LogP contribution in [0.3, 0.4) is 0 Å². The van der Waals surface area contributed by atoms with Gasteiger partial charge in [0.15, 0.2) is 17.4 Å². The van der Waals surface area contributed by atoms with Crippen molar-refractivity contribution in [1.82, 2.24) is 4.98 Å². The molecule has 0 spiro atoms. The van der Waals surface area contributed by atoms with Gasteiger partial charge in [-0.05, 0) is 48.6 Å². The molecule has 1 aromatic heterocycles. The molecule has 0 saturated heterocycles. The van der Waals surface area contributed by atoms with E-state index in [4.69, 9.17) is 10.5 Å². The molecule has 0 aliphatic heterocycles. The molecular weight excluding hydrogens is 477 g/mol. The Bertz CT molecular complexity index is 1330. The van der Waals surface area contributed by atoms with Crippen LogP contribution in [-0.4, -0.2) is 22.7 Å². The van der Waals surface area contributed by atoms with Crippen LogP contribution < -0.4 is 21.1 Å². The molecule has 0 radical (unpaired) electrons. The zero-order chi connectivity index (χ0) is 25.9. The maximum Gasteiger partial charge on any atom is 0.267 e. The van der Waals surface area contributed by atoms with E-state index < -0.39 is 40.4 Å². The molecule has 1 fully saturated rings. The Labute approximate surface area is 203 Å². The van der Waals surface area contributed by atoms with Crippen LogP contribution in [0.2, 0.25) is 0 Å². The Balaban J connectivity index is 1.36. The van der Waals surface area contributed by atoms with Crippen LogP contribution in [0, 0.1) is 22.9 Å². The number of hydrogen-bond donors (Lipinski definition) is 3. The number of nitrogens with zero attached hydrogens (tertiary/aromatic N) is 1. The molecule has 11 heteroatoms. The molecule has 1 saturated carbocycles. The summed E-state index contributed by atoms with van der Waals surface area (Å²) in [5.41, 5.74) is 4.50. The van der Waals surface area contributed by atoms with E-state index in [-0.39, 0.29) is 35.9 Å². The number of nitrogens with two attached hydrogens (primary N) is 1. The number of ether oxygens (including phenoxy) is 1. The van der Waals surface area contributed by atoms with Crippen LogP contribution in [0.25, 0.3) is 0 Å². The van der Waals surface area contributed by atoms with Crippen LogP contribution in [0.15, 0.2) is 54.7 Å². The number of rotatable bonds is 9. The van der Waals surface area contributed by atoms with Crippen molar-refractivity contribution in [3.05, 3.63) is 77.9 Å². The Morgan fingerprint density at radius 1 is 0.917 bits per heavy atom. The van der Waals surface area contributed by atoms with Gasteiger partial charge in [-0.2, -0.15) is 0 Å². The number of halogens is 3. The molecule has 4 rings (SSSR count). The zero-order valence-corrected chi connectivity index (χ0v) is 18.8. The van der Waals surface area contributed by atoms with E-state index in [1.165, 1.54) is 42.6 Å². The molecule has 8 nitrogen and oxygen atoms in total. The monoisotopic (exact) mass is 498 g/mol. The van der Waals surface area contributed by atoms with Crippen molar-refractivity contribution < 1.29 is 32.3 Å². The maximum atomic E-state index is 14.6. The summed E-state index contributed by atoms with van der Waals surface area (Å²) in [5.74, 6) is -4.50. The van der Waals surface area contributed by atoms with Gasteiger partial charge in [0.05, 0.1) is 5.69 Å². The highest BCUT2D eigenvalue weighted by atomic mass is 19.1. The standard InChI is InChI=1S/C25H21F3N4O4/c26-14-1-3-15(4-2-14)31-22(33)12-25(6-7-25)13-23(34)32-19-10-18(28)21(11-17(19)27)36-16-5-8-30-20(9-16)24(29)35/h1-5,8-11H,6-7,12-13H2,(H2,29,35)(H,31,33)(H,32,34). The van der Waals surface area contributed by atoms with Gasteiger partial charge < -0.3 is 21.1 Å². The highest BCUT2D eigenvalue weighted by Gasteiger charge is 2.45.